The quantitative estimate of drug-likeness (QED) is 0.916. The zero-order valence-electron chi connectivity index (χ0n) is 10.9. The van der Waals surface area contributed by atoms with E-state index in [1.54, 1.807) is 0 Å². The number of fused-ring (bicyclic) bond motifs is 1. The maximum Gasteiger partial charge on any atom is 0.254 e. The number of thiazole rings is 1. The number of aromatic nitrogens is 1. The molecule has 0 spiro atoms. The summed E-state index contributed by atoms with van der Waals surface area (Å²) in [5, 5.41) is 0.548. The third-order valence-corrected chi connectivity index (χ3v) is 4.61. The van der Waals surface area contributed by atoms with Crippen LogP contribution in [0.3, 0.4) is 0 Å². The molecule has 0 bridgehead atoms. The van der Waals surface area contributed by atoms with Crippen molar-refractivity contribution in [2.45, 2.75) is 32.2 Å². The van der Waals surface area contributed by atoms with Gasteiger partial charge in [-0.05, 0) is 37.5 Å². The number of rotatable bonds is 2. The van der Waals surface area contributed by atoms with E-state index in [1.165, 1.54) is 11.3 Å². The minimum Gasteiger partial charge on any atom is -0.375 e. The topological polar surface area (TPSA) is 59.2 Å². The highest BCUT2D eigenvalue weighted by molar-refractivity contribution is 7.22. The summed E-state index contributed by atoms with van der Waals surface area (Å²) in [4.78, 5) is 18.8. The average molecular weight is 275 g/mol. The third kappa shape index (κ3) is 2.18. The second-order valence-electron chi connectivity index (χ2n) is 4.94. The fraction of sp³-hybridized carbons (Fsp3) is 0.429. The van der Waals surface area contributed by atoms with Gasteiger partial charge in [-0.2, -0.15) is 0 Å². The van der Waals surface area contributed by atoms with Gasteiger partial charge in [0.15, 0.2) is 5.13 Å². The van der Waals surface area contributed by atoms with Crippen molar-refractivity contribution in [2.24, 2.45) is 0 Å². The molecule has 5 heteroatoms. The number of anilines is 1. The lowest BCUT2D eigenvalue weighted by Crippen LogP contribution is -2.35. The first-order valence-electron chi connectivity index (χ1n) is 6.66. The minimum atomic E-state index is 0.137. The monoisotopic (exact) mass is 275 g/mol. The molecule has 2 heterocycles. The van der Waals surface area contributed by atoms with Crippen molar-refractivity contribution in [3.05, 3.63) is 23.8 Å². The van der Waals surface area contributed by atoms with Crippen LogP contribution < -0.4 is 5.73 Å². The third-order valence-electron chi connectivity index (χ3n) is 3.76. The highest BCUT2D eigenvalue weighted by atomic mass is 32.1. The molecule has 1 atom stereocenters. The first-order chi connectivity index (χ1) is 9.19. The largest absolute Gasteiger partial charge is 0.375 e. The zero-order chi connectivity index (χ0) is 13.4. The summed E-state index contributed by atoms with van der Waals surface area (Å²) in [7, 11) is 0. The molecule has 1 aliphatic rings. The molecule has 1 unspecified atom stereocenters. The van der Waals surface area contributed by atoms with E-state index in [2.05, 4.69) is 11.9 Å². The molecule has 1 amide bonds. The van der Waals surface area contributed by atoms with E-state index in [9.17, 15) is 4.79 Å². The van der Waals surface area contributed by atoms with Crippen LogP contribution in [0, 0.1) is 0 Å². The second-order valence-corrected chi connectivity index (χ2v) is 6.00. The molecule has 1 aromatic carbocycles. The zero-order valence-corrected chi connectivity index (χ0v) is 11.7. The van der Waals surface area contributed by atoms with Crippen molar-refractivity contribution in [3.8, 4) is 0 Å². The van der Waals surface area contributed by atoms with Crippen LogP contribution in [0.5, 0.6) is 0 Å². The molecule has 4 nitrogen and oxygen atoms in total. The minimum absolute atomic E-state index is 0.137. The summed E-state index contributed by atoms with van der Waals surface area (Å²) in [6.07, 6.45) is 3.26. The van der Waals surface area contributed by atoms with Gasteiger partial charge in [0.05, 0.1) is 10.2 Å². The van der Waals surface area contributed by atoms with E-state index in [4.69, 9.17) is 5.73 Å². The van der Waals surface area contributed by atoms with Crippen LogP contribution in [0.15, 0.2) is 18.2 Å². The smallest absolute Gasteiger partial charge is 0.254 e. The Balaban J connectivity index is 1.92. The van der Waals surface area contributed by atoms with E-state index >= 15 is 0 Å². The van der Waals surface area contributed by atoms with Crippen molar-refractivity contribution < 1.29 is 4.79 Å². The number of likely N-dealkylation sites (tertiary alicyclic amines) is 1. The predicted molar refractivity (Wildman–Crippen MR) is 78.4 cm³/mol. The molecule has 2 aromatic rings. The number of benzene rings is 1. The summed E-state index contributed by atoms with van der Waals surface area (Å²) in [5.41, 5.74) is 7.31. The number of nitrogens with zero attached hydrogens (tertiary/aromatic N) is 2. The number of nitrogen functional groups attached to an aromatic ring is 1. The number of carbonyl (C=O) groups excluding carboxylic acids is 1. The summed E-state index contributed by atoms with van der Waals surface area (Å²) >= 11 is 1.43. The van der Waals surface area contributed by atoms with Gasteiger partial charge >= 0.3 is 0 Å². The standard InChI is InChI=1S/C14H17N3OS/c1-2-10-4-3-7-17(10)13(18)9-5-6-11-12(8-9)19-14(15)16-11/h5-6,8,10H,2-4,7H2,1H3,(H2,15,16). The van der Waals surface area contributed by atoms with Gasteiger partial charge in [0, 0.05) is 18.2 Å². The molecule has 0 radical (unpaired) electrons. The lowest BCUT2D eigenvalue weighted by molar-refractivity contribution is 0.0734. The maximum atomic E-state index is 12.5. The van der Waals surface area contributed by atoms with Crippen molar-refractivity contribution in [2.75, 3.05) is 12.3 Å². The molecule has 19 heavy (non-hydrogen) atoms. The van der Waals surface area contributed by atoms with Crippen molar-refractivity contribution in [1.29, 1.82) is 0 Å². The van der Waals surface area contributed by atoms with E-state index in [0.29, 0.717) is 11.2 Å². The van der Waals surface area contributed by atoms with Crippen LogP contribution >= 0.6 is 11.3 Å². The lowest BCUT2D eigenvalue weighted by atomic mass is 10.1. The normalized spacial score (nSPS) is 19.2. The highest BCUT2D eigenvalue weighted by Gasteiger charge is 2.28. The Labute approximate surface area is 116 Å². The predicted octanol–water partition coefficient (Wildman–Crippen LogP) is 2.89. The van der Waals surface area contributed by atoms with Gasteiger partial charge in [0.25, 0.3) is 5.91 Å². The van der Waals surface area contributed by atoms with Crippen LogP contribution in [0.25, 0.3) is 10.2 Å². The Morgan fingerprint density at radius 3 is 3.21 bits per heavy atom. The van der Waals surface area contributed by atoms with Crippen LogP contribution in [-0.4, -0.2) is 28.4 Å². The van der Waals surface area contributed by atoms with Gasteiger partial charge < -0.3 is 10.6 Å². The van der Waals surface area contributed by atoms with Gasteiger partial charge in [0.1, 0.15) is 0 Å². The van der Waals surface area contributed by atoms with E-state index in [1.807, 2.05) is 23.1 Å². The Hall–Kier alpha value is -1.62. The SMILES string of the molecule is CCC1CCCN1C(=O)c1ccc2nc(N)sc2c1. The Kier molecular flexibility index (Phi) is 3.14. The van der Waals surface area contributed by atoms with E-state index in [0.717, 1.165) is 41.6 Å². The van der Waals surface area contributed by atoms with Gasteiger partial charge in [-0.1, -0.05) is 18.3 Å². The van der Waals surface area contributed by atoms with Gasteiger partial charge in [-0.15, -0.1) is 0 Å². The summed E-state index contributed by atoms with van der Waals surface area (Å²) in [6.45, 7) is 3.02. The molecule has 1 aliphatic heterocycles. The number of nitrogens with two attached hydrogens (primary N) is 1. The first kappa shape index (κ1) is 12.4. The molecule has 1 aromatic heterocycles. The Bertz CT molecular complexity index is 622. The van der Waals surface area contributed by atoms with E-state index in [-0.39, 0.29) is 5.91 Å². The molecule has 1 fully saturated rings. The fourth-order valence-electron chi connectivity index (χ4n) is 2.77. The van der Waals surface area contributed by atoms with Crippen molar-refractivity contribution in [1.82, 2.24) is 9.88 Å². The van der Waals surface area contributed by atoms with Gasteiger partial charge in [0.2, 0.25) is 0 Å². The summed E-state index contributed by atoms with van der Waals surface area (Å²) in [6, 6.07) is 6.05. The lowest BCUT2D eigenvalue weighted by Gasteiger charge is -2.23. The molecule has 2 N–H and O–H groups in total. The second kappa shape index (κ2) is 4.81. The van der Waals surface area contributed by atoms with Gasteiger partial charge in [-0.25, -0.2) is 4.98 Å². The maximum absolute atomic E-state index is 12.5. The van der Waals surface area contributed by atoms with Crippen LogP contribution in [0.4, 0.5) is 5.13 Å². The van der Waals surface area contributed by atoms with Crippen molar-refractivity contribution >= 4 is 32.6 Å². The molecule has 0 saturated carbocycles. The van der Waals surface area contributed by atoms with Crippen LogP contribution in [0.2, 0.25) is 0 Å². The first-order valence-corrected chi connectivity index (χ1v) is 7.47. The fourth-order valence-corrected chi connectivity index (χ4v) is 3.54. The molecular weight excluding hydrogens is 258 g/mol. The van der Waals surface area contributed by atoms with Gasteiger partial charge in [-0.3, -0.25) is 4.79 Å². The molecule has 100 valence electrons. The number of hydrogen-bond acceptors (Lipinski definition) is 4. The number of carbonyl (C=O) groups is 1. The number of amides is 1. The highest BCUT2D eigenvalue weighted by Crippen LogP contribution is 2.27. The Morgan fingerprint density at radius 1 is 1.58 bits per heavy atom. The molecule has 0 aliphatic carbocycles. The summed E-state index contributed by atoms with van der Waals surface area (Å²) < 4.78 is 0.982. The average Bonchev–Trinajstić information content (AvgIpc) is 3.01. The van der Waals surface area contributed by atoms with E-state index < -0.39 is 0 Å². The molecule has 3 rings (SSSR count). The summed E-state index contributed by atoms with van der Waals surface area (Å²) in [5.74, 6) is 0.137. The van der Waals surface area contributed by atoms with Crippen LogP contribution in [-0.2, 0) is 0 Å². The number of hydrogen-bond donors (Lipinski definition) is 1. The molecule has 1 saturated heterocycles. The molecular formula is C14H17N3OS. The van der Waals surface area contributed by atoms with Crippen LogP contribution in [0.1, 0.15) is 36.5 Å². The Morgan fingerprint density at radius 2 is 2.42 bits per heavy atom. The van der Waals surface area contributed by atoms with Crippen molar-refractivity contribution in [3.63, 3.8) is 0 Å².